The molecule has 0 aliphatic heterocycles. The maximum atomic E-state index is 11.4. The van der Waals surface area contributed by atoms with Gasteiger partial charge in [0.25, 0.3) is 0 Å². The lowest BCUT2D eigenvalue weighted by atomic mass is 9.62. The molecule has 5 unspecified atom stereocenters. The van der Waals surface area contributed by atoms with Crippen LogP contribution in [0.5, 0.6) is 0 Å². The first-order valence-electron chi connectivity index (χ1n) is 7.42. The Morgan fingerprint density at radius 1 is 1.44 bits per heavy atom. The Hall–Kier alpha value is -0.700. The second-order valence-corrected chi connectivity index (χ2v) is 6.06. The average Bonchev–Trinajstić information content (AvgIpc) is 2.76. The molecule has 0 heterocycles. The van der Waals surface area contributed by atoms with Crippen molar-refractivity contribution in [3.8, 4) is 0 Å². The summed E-state index contributed by atoms with van der Waals surface area (Å²) in [5.41, 5.74) is 5.28. The summed E-state index contributed by atoms with van der Waals surface area (Å²) in [6.07, 6.45) is 9.87. The molecule has 3 saturated carbocycles. The summed E-state index contributed by atoms with van der Waals surface area (Å²) < 4.78 is 0. The van der Waals surface area contributed by atoms with E-state index in [2.05, 4.69) is 31.2 Å². The van der Waals surface area contributed by atoms with Crippen LogP contribution in [0.4, 0.5) is 0 Å². The fourth-order valence-electron chi connectivity index (χ4n) is 4.30. The molecule has 3 fully saturated rings. The topological polar surface area (TPSA) is 55.5 Å². The van der Waals surface area contributed by atoms with Crippen LogP contribution in [0.3, 0.4) is 0 Å². The van der Waals surface area contributed by atoms with Crippen molar-refractivity contribution in [3.63, 3.8) is 0 Å². The minimum Gasteiger partial charge on any atom is -0.330 e. The fraction of sp³-hybridized carbons (Fsp3) is 0.867. The van der Waals surface area contributed by atoms with E-state index in [0.717, 1.165) is 38.6 Å². The Kier molecular flexibility index (Phi) is 4.21. The SMILES string of the molecule is CC/C=C\C1C(C)C2CC1(N=O)C2CCCCN. The normalized spacial score (nSPS) is 42.2. The van der Waals surface area contributed by atoms with Gasteiger partial charge >= 0.3 is 0 Å². The molecule has 0 spiro atoms. The van der Waals surface area contributed by atoms with Gasteiger partial charge in [0.05, 0.1) is 0 Å². The van der Waals surface area contributed by atoms with Crippen LogP contribution in [-0.4, -0.2) is 12.1 Å². The second kappa shape index (κ2) is 5.52. The fourth-order valence-corrected chi connectivity index (χ4v) is 4.30. The van der Waals surface area contributed by atoms with E-state index in [1.54, 1.807) is 0 Å². The molecule has 0 radical (unpaired) electrons. The number of nitrogens with two attached hydrogens (primary N) is 1. The molecule has 2 N–H and O–H groups in total. The van der Waals surface area contributed by atoms with Crippen molar-refractivity contribution in [1.82, 2.24) is 0 Å². The van der Waals surface area contributed by atoms with Crippen LogP contribution >= 0.6 is 0 Å². The van der Waals surface area contributed by atoms with E-state index < -0.39 is 0 Å². The maximum absolute atomic E-state index is 11.4. The third kappa shape index (κ3) is 1.93. The summed E-state index contributed by atoms with van der Waals surface area (Å²) >= 11 is 0. The lowest BCUT2D eigenvalue weighted by Gasteiger charge is -2.44. The molecule has 0 aromatic heterocycles. The van der Waals surface area contributed by atoms with Gasteiger partial charge in [0, 0.05) is 5.92 Å². The summed E-state index contributed by atoms with van der Waals surface area (Å²) in [6, 6.07) is 0. The van der Waals surface area contributed by atoms with Crippen LogP contribution in [0.15, 0.2) is 17.3 Å². The van der Waals surface area contributed by atoms with Crippen molar-refractivity contribution >= 4 is 0 Å². The molecule has 3 rings (SSSR count). The van der Waals surface area contributed by atoms with E-state index in [1.165, 1.54) is 0 Å². The predicted molar refractivity (Wildman–Crippen MR) is 75.1 cm³/mol. The Morgan fingerprint density at radius 2 is 2.22 bits per heavy atom. The largest absolute Gasteiger partial charge is 0.330 e. The van der Waals surface area contributed by atoms with Crippen LogP contribution in [0.1, 0.15) is 46.0 Å². The predicted octanol–water partition coefficient (Wildman–Crippen LogP) is 3.49. The zero-order chi connectivity index (χ0) is 13.2. The summed E-state index contributed by atoms with van der Waals surface area (Å²) in [5, 5.41) is 3.60. The van der Waals surface area contributed by atoms with Crippen LogP contribution in [0.2, 0.25) is 0 Å². The summed E-state index contributed by atoms with van der Waals surface area (Å²) in [7, 11) is 0. The average molecular weight is 250 g/mol. The number of hydrogen-bond acceptors (Lipinski definition) is 3. The van der Waals surface area contributed by atoms with Crippen LogP contribution in [0, 0.1) is 28.6 Å². The van der Waals surface area contributed by atoms with E-state index in [-0.39, 0.29) is 5.54 Å². The number of hydrogen-bond donors (Lipinski definition) is 1. The van der Waals surface area contributed by atoms with E-state index in [1.807, 2.05) is 0 Å². The second-order valence-electron chi connectivity index (χ2n) is 6.06. The Morgan fingerprint density at radius 3 is 2.83 bits per heavy atom. The van der Waals surface area contributed by atoms with Gasteiger partial charge in [0.2, 0.25) is 0 Å². The Bertz CT molecular complexity index is 328. The van der Waals surface area contributed by atoms with Crippen molar-refractivity contribution in [2.45, 2.75) is 51.5 Å². The summed E-state index contributed by atoms with van der Waals surface area (Å²) in [6.45, 7) is 5.19. The molecule has 0 amide bonds. The number of fused-ring (bicyclic) bond motifs is 1. The molecule has 5 atom stereocenters. The summed E-state index contributed by atoms with van der Waals surface area (Å²) in [4.78, 5) is 11.4. The van der Waals surface area contributed by atoms with E-state index in [9.17, 15) is 4.91 Å². The number of nitrogens with zero attached hydrogens (tertiary/aromatic N) is 1. The number of nitroso groups, excluding NO2 is 1. The maximum Gasteiger partial charge on any atom is 0.112 e. The monoisotopic (exact) mass is 250 g/mol. The first-order valence-corrected chi connectivity index (χ1v) is 7.42. The first kappa shape index (κ1) is 13.7. The quantitative estimate of drug-likeness (QED) is 0.427. The minimum absolute atomic E-state index is 0.273. The molecule has 0 saturated heterocycles. The molecular weight excluding hydrogens is 224 g/mol. The number of unbranched alkanes of at least 4 members (excludes halogenated alkanes) is 1. The van der Waals surface area contributed by atoms with Gasteiger partial charge in [-0.2, -0.15) is 4.91 Å². The van der Waals surface area contributed by atoms with Gasteiger partial charge in [-0.05, 0) is 50.0 Å². The highest BCUT2D eigenvalue weighted by Gasteiger charge is 2.68. The van der Waals surface area contributed by atoms with Gasteiger partial charge in [0.1, 0.15) is 5.54 Å². The van der Waals surface area contributed by atoms with Gasteiger partial charge in [-0.1, -0.05) is 37.6 Å². The highest BCUT2D eigenvalue weighted by molar-refractivity contribution is 5.24. The van der Waals surface area contributed by atoms with Crippen LogP contribution in [0.25, 0.3) is 0 Å². The third-order valence-electron chi connectivity index (χ3n) is 5.26. The van der Waals surface area contributed by atoms with Crippen molar-refractivity contribution in [1.29, 1.82) is 0 Å². The standard InChI is InChI=1S/C15H26N2O/c1-3-4-7-13-11(2)12-10-15(13,17-18)14(12)8-5-6-9-16/h4,7,11-14H,3,5-6,8-10,16H2,1-2H3/b7-4-. The van der Waals surface area contributed by atoms with Gasteiger partial charge in [-0.15, -0.1) is 0 Å². The molecule has 18 heavy (non-hydrogen) atoms. The van der Waals surface area contributed by atoms with E-state index in [0.29, 0.717) is 23.7 Å². The Balaban J connectivity index is 2.07. The van der Waals surface area contributed by atoms with Gasteiger partial charge in [-0.3, -0.25) is 0 Å². The molecule has 3 heteroatoms. The highest BCUT2D eigenvalue weighted by Crippen LogP contribution is 2.66. The van der Waals surface area contributed by atoms with Crippen molar-refractivity contribution in [2.75, 3.05) is 6.54 Å². The first-order chi connectivity index (χ1) is 8.71. The van der Waals surface area contributed by atoms with Crippen molar-refractivity contribution in [3.05, 3.63) is 17.1 Å². The minimum atomic E-state index is -0.273. The highest BCUT2D eigenvalue weighted by atomic mass is 16.3. The lowest BCUT2D eigenvalue weighted by Crippen LogP contribution is -2.47. The van der Waals surface area contributed by atoms with Crippen molar-refractivity contribution < 1.29 is 0 Å². The molecule has 0 aromatic rings. The molecular formula is C15H26N2O. The molecule has 3 aliphatic carbocycles. The Labute approximate surface area is 110 Å². The van der Waals surface area contributed by atoms with Gasteiger partial charge < -0.3 is 5.73 Å². The summed E-state index contributed by atoms with van der Waals surface area (Å²) in [5.74, 6) is 2.23. The van der Waals surface area contributed by atoms with Gasteiger partial charge in [0.15, 0.2) is 0 Å². The van der Waals surface area contributed by atoms with Crippen LogP contribution < -0.4 is 5.73 Å². The third-order valence-corrected chi connectivity index (χ3v) is 5.26. The molecule has 3 nitrogen and oxygen atoms in total. The van der Waals surface area contributed by atoms with E-state index >= 15 is 0 Å². The molecule has 102 valence electrons. The molecule has 2 bridgehead atoms. The van der Waals surface area contributed by atoms with Crippen LogP contribution in [-0.2, 0) is 0 Å². The zero-order valence-electron chi connectivity index (χ0n) is 11.6. The van der Waals surface area contributed by atoms with E-state index in [4.69, 9.17) is 5.73 Å². The zero-order valence-corrected chi connectivity index (χ0v) is 11.6. The van der Waals surface area contributed by atoms with Gasteiger partial charge in [-0.25, -0.2) is 0 Å². The number of rotatable bonds is 7. The number of allylic oxidation sites excluding steroid dienone is 1. The molecule has 3 aliphatic rings. The van der Waals surface area contributed by atoms with Crippen molar-refractivity contribution in [2.24, 2.45) is 34.6 Å². The molecule has 0 aromatic carbocycles. The smallest absolute Gasteiger partial charge is 0.112 e. The lowest BCUT2D eigenvalue weighted by molar-refractivity contribution is 0.0884.